The van der Waals surface area contributed by atoms with E-state index in [1.54, 1.807) is 6.33 Å². The molecule has 3 nitrogen and oxygen atoms in total. The molecule has 2 rings (SSSR count). The van der Waals surface area contributed by atoms with Crippen LogP contribution in [0.4, 0.5) is 0 Å². The standard InChI is InChI=1S/C14H21N3/c1-13(2,3)10-7-12-16-15-9-17(12)8-11(10)14(4,5)6/h7-9H,1-6H3. The smallest absolute Gasteiger partial charge is 0.160 e. The monoisotopic (exact) mass is 231 g/mol. The van der Waals surface area contributed by atoms with Gasteiger partial charge in [-0.2, -0.15) is 0 Å². The molecular weight excluding hydrogens is 210 g/mol. The van der Waals surface area contributed by atoms with Gasteiger partial charge in [0, 0.05) is 6.20 Å². The van der Waals surface area contributed by atoms with E-state index < -0.39 is 0 Å². The summed E-state index contributed by atoms with van der Waals surface area (Å²) in [5.74, 6) is 0. The van der Waals surface area contributed by atoms with Crippen LogP contribution in [0.15, 0.2) is 18.6 Å². The second-order valence-electron chi connectivity index (χ2n) is 6.70. The highest BCUT2D eigenvalue weighted by Crippen LogP contribution is 2.34. The zero-order chi connectivity index (χ0) is 12.8. The maximum Gasteiger partial charge on any atom is 0.160 e. The first-order valence-electron chi connectivity index (χ1n) is 6.04. The zero-order valence-corrected chi connectivity index (χ0v) is 11.6. The molecule has 0 aliphatic heterocycles. The van der Waals surface area contributed by atoms with Gasteiger partial charge < -0.3 is 0 Å². The fraction of sp³-hybridized carbons (Fsp3) is 0.571. The molecule has 2 aromatic heterocycles. The van der Waals surface area contributed by atoms with Crippen molar-refractivity contribution in [2.24, 2.45) is 0 Å². The second-order valence-corrected chi connectivity index (χ2v) is 6.70. The van der Waals surface area contributed by atoms with E-state index in [1.807, 2.05) is 4.40 Å². The van der Waals surface area contributed by atoms with Gasteiger partial charge >= 0.3 is 0 Å². The Hall–Kier alpha value is -1.38. The molecule has 0 N–H and O–H groups in total. The molecular formula is C14H21N3. The van der Waals surface area contributed by atoms with E-state index in [-0.39, 0.29) is 10.8 Å². The molecule has 3 heteroatoms. The first-order valence-corrected chi connectivity index (χ1v) is 6.04. The van der Waals surface area contributed by atoms with Crippen LogP contribution in [0, 0.1) is 0 Å². The van der Waals surface area contributed by atoms with Crippen molar-refractivity contribution in [1.29, 1.82) is 0 Å². The third-order valence-corrected chi connectivity index (χ3v) is 3.05. The Labute approximate surface area is 103 Å². The number of fused-ring (bicyclic) bond motifs is 1. The molecule has 0 spiro atoms. The molecule has 0 aliphatic carbocycles. The normalized spacial score (nSPS) is 13.3. The van der Waals surface area contributed by atoms with Gasteiger partial charge in [0.1, 0.15) is 6.33 Å². The van der Waals surface area contributed by atoms with Gasteiger partial charge in [0.05, 0.1) is 0 Å². The lowest BCUT2D eigenvalue weighted by Gasteiger charge is -2.29. The Morgan fingerprint density at radius 1 is 0.941 bits per heavy atom. The van der Waals surface area contributed by atoms with E-state index in [0.29, 0.717) is 0 Å². The van der Waals surface area contributed by atoms with Crippen molar-refractivity contribution in [2.45, 2.75) is 52.4 Å². The van der Waals surface area contributed by atoms with Gasteiger partial charge in [-0.3, -0.25) is 4.40 Å². The van der Waals surface area contributed by atoms with E-state index in [9.17, 15) is 0 Å². The van der Waals surface area contributed by atoms with Crippen LogP contribution in [-0.2, 0) is 10.8 Å². The SMILES string of the molecule is CC(C)(C)c1cc2nncn2cc1C(C)(C)C. The molecule has 0 aromatic carbocycles. The summed E-state index contributed by atoms with van der Waals surface area (Å²) in [5, 5.41) is 8.09. The lowest BCUT2D eigenvalue weighted by molar-refractivity contribution is 0.527. The first-order chi connectivity index (χ1) is 7.69. The molecule has 0 radical (unpaired) electrons. The number of nitrogens with zero attached hydrogens (tertiary/aromatic N) is 3. The molecule has 0 saturated carbocycles. The van der Waals surface area contributed by atoms with E-state index in [4.69, 9.17) is 0 Å². The van der Waals surface area contributed by atoms with Crippen LogP contribution < -0.4 is 0 Å². The number of pyridine rings is 1. The van der Waals surface area contributed by atoms with Crippen LogP contribution in [0.25, 0.3) is 5.65 Å². The molecule has 2 aromatic rings. The molecule has 17 heavy (non-hydrogen) atoms. The third kappa shape index (κ3) is 2.19. The summed E-state index contributed by atoms with van der Waals surface area (Å²) in [7, 11) is 0. The van der Waals surface area contributed by atoms with Crippen molar-refractivity contribution >= 4 is 5.65 Å². The quantitative estimate of drug-likeness (QED) is 0.696. The summed E-state index contributed by atoms with van der Waals surface area (Å²) in [6.07, 6.45) is 3.92. The number of rotatable bonds is 0. The summed E-state index contributed by atoms with van der Waals surface area (Å²) in [5.41, 5.74) is 3.88. The minimum absolute atomic E-state index is 0.121. The highest BCUT2D eigenvalue weighted by atomic mass is 15.2. The van der Waals surface area contributed by atoms with Crippen LogP contribution in [0.1, 0.15) is 52.7 Å². The average molecular weight is 231 g/mol. The molecule has 0 unspecified atom stereocenters. The Bertz CT molecular complexity index is 491. The molecule has 0 atom stereocenters. The number of hydrogen-bond acceptors (Lipinski definition) is 2. The van der Waals surface area contributed by atoms with Crippen molar-refractivity contribution in [3.63, 3.8) is 0 Å². The summed E-state index contributed by atoms with van der Waals surface area (Å²) < 4.78 is 2.00. The van der Waals surface area contributed by atoms with E-state index in [1.165, 1.54) is 11.1 Å². The summed E-state index contributed by atoms with van der Waals surface area (Å²) in [6, 6.07) is 2.16. The van der Waals surface area contributed by atoms with Gasteiger partial charge in [0.25, 0.3) is 0 Å². The summed E-state index contributed by atoms with van der Waals surface area (Å²) in [4.78, 5) is 0. The molecule has 0 bridgehead atoms. The van der Waals surface area contributed by atoms with Gasteiger partial charge in [0.15, 0.2) is 5.65 Å². The van der Waals surface area contributed by atoms with Crippen LogP contribution in [0.3, 0.4) is 0 Å². The zero-order valence-electron chi connectivity index (χ0n) is 11.6. The molecule has 0 aliphatic rings. The molecule has 0 saturated heterocycles. The van der Waals surface area contributed by atoms with E-state index >= 15 is 0 Å². The Kier molecular flexibility index (Phi) is 2.53. The topological polar surface area (TPSA) is 30.2 Å². The Morgan fingerprint density at radius 3 is 2.06 bits per heavy atom. The third-order valence-electron chi connectivity index (χ3n) is 3.05. The maximum absolute atomic E-state index is 4.13. The predicted octanol–water partition coefficient (Wildman–Crippen LogP) is 3.32. The van der Waals surface area contributed by atoms with E-state index in [0.717, 1.165) is 5.65 Å². The molecule has 2 heterocycles. The fourth-order valence-electron chi connectivity index (χ4n) is 2.09. The lowest BCUT2D eigenvalue weighted by Crippen LogP contribution is -2.22. The predicted molar refractivity (Wildman–Crippen MR) is 70.4 cm³/mol. The van der Waals surface area contributed by atoms with Crippen LogP contribution in [0.5, 0.6) is 0 Å². The maximum atomic E-state index is 4.13. The van der Waals surface area contributed by atoms with E-state index in [2.05, 4.69) is 64.0 Å². The van der Waals surface area contributed by atoms with Crippen molar-refractivity contribution in [1.82, 2.24) is 14.6 Å². The molecule has 0 fully saturated rings. The van der Waals surface area contributed by atoms with Gasteiger partial charge in [-0.25, -0.2) is 0 Å². The molecule has 92 valence electrons. The Balaban J connectivity index is 2.78. The Morgan fingerprint density at radius 2 is 1.53 bits per heavy atom. The number of hydrogen-bond donors (Lipinski definition) is 0. The molecule has 0 amide bonds. The van der Waals surface area contributed by atoms with Gasteiger partial charge in [0.2, 0.25) is 0 Å². The van der Waals surface area contributed by atoms with Crippen molar-refractivity contribution in [3.05, 3.63) is 29.7 Å². The summed E-state index contributed by atoms with van der Waals surface area (Å²) >= 11 is 0. The fourth-order valence-corrected chi connectivity index (χ4v) is 2.09. The second kappa shape index (κ2) is 3.56. The lowest BCUT2D eigenvalue weighted by atomic mass is 9.76. The largest absolute Gasteiger partial charge is 0.289 e. The highest BCUT2D eigenvalue weighted by molar-refractivity contribution is 5.48. The average Bonchev–Trinajstić information content (AvgIpc) is 2.59. The number of aromatic nitrogens is 3. The summed E-state index contributed by atoms with van der Waals surface area (Å²) in [6.45, 7) is 13.5. The van der Waals surface area contributed by atoms with Crippen molar-refractivity contribution in [2.75, 3.05) is 0 Å². The van der Waals surface area contributed by atoms with Crippen molar-refractivity contribution in [3.8, 4) is 0 Å². The minimum atomic E-state index is 0.121. The van der Waals surface area contributed by atoms with Gasteiger partial charge in [-0.1, -0.05) is 41.5 Å². The van der Waals surface area contributed by atoms with Crippen LogP contribution in [-0.4, -0.2) is 14.6 Å². The van der Waals surface area contributed by atoms with Gasteiger partial charge in [-0.15, -0.1) is 10.2 Å². The highest BCUT2D eigenvalue weighted by Gasteiger charge is 2.26. The first kappa shape index (κ1) is 12.1. The van der Waals surface area contributed by atoms with Crippen LogP contribution in [0.2, 0.25) is 0 Å². The van der Waals surface area contributed by atoms with Crippen molar-refractivity contribution < 1.29 is 0 Å². The minimum Gasteiger partial charge on any atom is -0.289 e. The van der Waals surface area contributed by atoms with Crippen LogP contribution >= 0.6 is 0 Å². The van der Waals surface area contributed by atoms with Gasteiger partial charge in [-0.05, 0) is 28.0 Å².